The molecule has 0 saturated heterocycles. The number of unbranched alkanes of at least 4 members (excludes halogenated alkanes) is 1. The van der Waals surface area contributed by atoms with Crippen LogP contribution in [-0.2, 0) is 6.54 Å². The van der Waals surface area contributed by atoms with E-state index in [0.717, 1.165) is 10.7 Å². The fourth-order valence-corrected chi connectivity index (χ4v) is 2.42. The van der Waals surface area contributed by atoms with Crippen molar-refractivity contribution >= 4 is 11.3 Å². The smallest absolute Gasteiger partial charge is 0.312 e. The number of hydrogen-bond acceptors (Lipinski definition) is 3. The molecule has 6 heteroatoms. The molecule has 0 spiro atoms. The van der Waals surface area contributed by atoms with Gasteiger partial charge in [-0.2, -0.15) is 13.2 Å². The first-order chi connectivity index (χ1) is 7.88. The van der Waals surface area contributed by atoms with Crippen LogP contribution in [0.1, 0.15) is 34.8 Å². The molecule has 0 radical (unpaired) electrons. The van der Waals surface area contributed by atoms with Crippen molar-refractivity contribution in [3.8, 4) is 0 Å². The van der Waals surface area contributed by atoms with E-state index in [9.17, 15) is 13.2 Å². The molecule has 0 aliphatic rings. The first-order valence-electron chi connectivity index (χ1n) is 5.59. The number of thiazole rings is 1. The summed E-state index contributed by atoms with van der Waals surface area (Å²) in [7, 11) is 0. The molecule has 0 fully saturated rings. The summed E-state index contributed by atoms with van der Waals surface area (Å²) in [4.78, 5) is 5.45. The van der Waals surface area contributed by atoms with Crippen molar-refractivity contribution in [3.63, 3.8) is 0 Å². The molecule has 0 unspecified atom stereocenters. The van der Waals surface area contributed by atoms with Crippen LogP contribution >= 0.6 is 11.3 Å². The van der Waals surface area contributed by atoms with Crippen molar-refractivity contribution in [2.24, 2.45) is 0 Å². The summed E-state index contributed by atoms with van der Waals surface area (Å²) in [5.74, 6) is 0. The Kier molecular flexibility index (Phi) is 5.39. The monoisotopic (exact) mass is 266 g/mol. The number of nitrogens with one attached hydrogen (secondary N) is 1. The Balaban J connectivity index is 2.11. The van der Waals surface area contributed by atoms with Crippen LogP contribution in [0.15, 0.2) is 0 Å². The van der Waals surface area contributed by atoms with Gasteiger partial charge in [-0.1, -0.05) is 0 Å². The lowest BCUT2D eigenvalue weighted by molar-refractivity contribution is -0.135. The summed E-state index contributed by atoms with van der Waals surface area (Å²) < 4.78 is 35.6. The Labute approximate surface area is 103 Å². The summed E-state index contributed by atoms with van der Waals surface area (Å²) >= 11 is 1.63. The van der Waals surface area contributed by atoms with Gasteiger partial charge in [0.2, 0.25) is 0 Å². The molecule has 0 bridgehead atoms. The lowest BCUT2D eigenvalue weighted by atomic mass is 10.2. The minimum Gasteiger partial charge on any atom is -0.312 e. The molecule has 0 saturated carbocycles. The number of hydrogen-bond donors (Lipinski definition) is 1. The normalized spacial score (nSPS) is 12.1. The highest BCUT2D eigenvalue weighted by Gasteiger charge is 2.25. The van der Waals surface area contributed by atoms with Crippen LogP contribution in [0, 0.1) is 13.8 Å². The Bertz CT molecular complexity index is 347. The Morgan fingerprint density at radius 1 is 1.24 bits per heavy atom. The van der Waals surface area contributed by atoms with E-state index < -0.39 is 12.6 Å². The fourth-order valence-electron chi connectivity index (χ4n) is 1.51. The Hall–Kier alpha value is -0.620. The largest absolute Gasteiger partial charge is 0.389 e. The molecule has 1 aromatic heterocycles. The molecule has 0 atom stereocenters. The zero-order valence-electron chi connectivity index (χ0n) is 10.0. The summed E-state index contributed by atoms with van der Waals surface area (Å²) in [6.45, 7) is 5.21. The molecule has 1 N–H and O–H groups in total. The topological polar surface area (TPSA) is 24.9 Å². The van der Waals surface area contributed by atoms with E-state index in [1.54, 1.807) is 11.3 Å². The van der Waals surface area contributed by atoms with Crippen molar-refractivity contribution in [2.45, 2.75) is 45.8 Å². The highest BCUT2D eigenvalue weighted by molar-refractivity contribution is 7.11. The molecule has 1 rings (SSSR count). The average molecular weight is 266 g/mol. The van der Waals surface area contributed by atoms with Crippen LogP contribution in [0.25, 0.3) is 0 Å². The van der Waals surface area contributed by atoms with Gasteiger partial charge in [0, 0.05) is 17.8 Å². The maximum Gasteiger partial charge on any atom is 0.389 e. The number of nitrogens with zero attached hydrogens (tertiary/aromatic N) is 1. The summed E-state index contributed by atoms with van der Waals surface area (Å²) in [5, 5.41) is 4.17. The predicted molar refractivity (Wildman–Crippen MR) is 63.2 cm³/mol. The number of aryl methyl sites for hydroxylation is 2. The molecule has 0 aromatic carbocycles. The predicted octanol–water partition coefficient (Wildman–Crippen LogP) is 3.58. The number of alkyl halides is 3. The van der Waals surface area contributed by atoms with Gasteiger partial charge < -0.3 is 5.32 Å². The zero-order valence-corrected chi connectivity index (χ0v) is 10.8. The van der Waals surface area contributed by atoms with Gasteiger partial charge in [-0.15, -0.1) is 11.3 Å². The summed E-state index contributed by atoms with van der Waals surface area (Å²) in [5.41, 5.74) is 1.01. The quantitative estimate of drug-likeness (QED) is 0.796. The van der Waals surface area contributed by atoms with Gasteiger partial charge in [0.05, 0.1) is 10.7 Å². The molecule has 1 heterocycles. The van der Waals surface area contributed by atoms with E-state index in [1.807, 2.05) is 13.8 Å². The van der Waals surface area contributed by atoms with Gasteiger partial charge in [-0.3, -0.25) is 0 Å². The standard InChI is InChI=1S/C11H17F3N2S/c1-8-10(17-9(2)16-8)7-15-6-4-3-5-11(12,13)14/h15H,3-7H2,1-2H3. The number of rotatable bonds is 6. The maximum atomic E-state index is 11.9. The van der Waals surface area contributed by atoms with E-state index in [2.05, 4.69) is 10.3 Å². The minimum atomic E-state index is -4.02. The molecular weight excluding hydrogens is 249 g/mol. The molecule has 1 aromatic rings. The van der Waals surface area contributed by atoms with Crippen molar-refractivity contribution in [3.05, 3.63) is 15.6 Å². The Morgan fingerprint density at radius 2 is 1.94 bits per heavy atom. The molecule has 98 valence electrons. The van der Waals surface area contributed by atoms with Crippen LogP contribution in [0.5, 0.6) is 0 Å². The molecule has 17 heavy (non-hydrogen) atoms. The maximum absolute atomic E-state index is 11.9. The molecular formula is C11H17F3N2S. The second kappa shape index (κ2) is 6.35. The first-order valence-corrected chi connectivity index (χ1v) is 6.40. The van der Waals surface area contributed by atoms with Crippen molar-refractivity contribution < 1.29 is 13.2 Å². The van der Waals surface area contributed by atoms with Gasteiger partial charge in [0.1, 0.15) is 0 Å². The van der Waals surface area contributed by atoms with Crippen LogP contribution in [-0.4, -0.2) is 17.7 Å². The van der Waals surface area contributed by atoms with Crippen LogP contribution < -0.4 is 5.32 Å². The number of halogens is 3. The minimum absolute atomic E-state index is 0.192. The highest BCUT2D eigenvalue weighted by Crippen LogP contribution is 2.22. The van der Waals surface area contributed by atoms with Crippen molar-refractivity contribution in [2.75, 3.05) is 6.54 Å². The second-order valence-corrected chi connectivity index (χ2v) is 5.28. The van der Waals surface area contributed by atoms with E-state index in [0.29, 0.717) is 19.5 Å². The average Bonchev–Trinajstić information content (AvgIpc) is 2.49. The number of aromatic nitrogens is 1. The lowest BCUT2D eigenvalue weighted by Crippen LogP contribution is -2.15. The van der Waals surface area contributed by atoms with E-state index >= 15 is 0 Å². The summed E-state index contributed by atoms with van der Waals surface area (Å²) in [6, 6.07) is 0. The SMILES string of the molecule is Cc1nc(C)c(CNCCCCC(F)(F)F)s1. The Morgan fingerprint density at radius 3 is 2.47 bits per heavy atom. The third-order valence-electron chi connectivity index (χ3n) is 2.35. The van der Waals surface area contributed by atoms with Crippen LogP contribution in [0.4, 0.5) is 13.2 Å². The molecule has 0 amide bonds. The van der Waals surface area contributed by atoms with Gasteiger partial charge in [0.15, 0.2) is 0 Å². The third-order valence-corrected chi connectivity index (χ3v) is 3.42. The van der Waals surface area contributed by atoms with Crippen molar-refractivity contribution in [1.82, 2.24) is 10.3 Å². The van der Waals surface area contributed by atoms with E-state index in [-0.39, 0.29) is 6.42 Å². The third kappa shape index (κ3) is 6.02. The van der Waals surface area contributed by atoms with Crippen LogP contribution in [0.2, 0.25) is 0 Å². The fraction of sp³-hybridized carbons (Fsp3) is 0.727. The summed E-state index contributed by atoms with van der Waals surface area (Å²) in [6.07, 6.45) is -3.97. The lowest BCUT2D eigenvalue weighted by Gasteiger charge is -2.06. The van der Waals surface area contributed by atoms with Gasteiger partial charge in [0.25, 0.3) is 0 Å². The van der Waals surface area contributed by atoms with E-state index in [1.165, 1.54) is 4.88 Å². The van der Waals surface area contributed by atoms with Gasteiger partial charge in [-0.25, -0.2) is 4.98 Å². The van der Waals surface area contributed by atoms with Gasteiger partial charge in [-0.05, 0) is 33.2 Å². The zero-order chi connectivity index (χ0) is 12.9. The molecule has 0 aliphatic heterocycles. The van der Waals surface area contributed by atoms with Crippen molar-refractivity contribution in [1.29, 1.82) is 0 Å². The molecule has 2 nitrogen and oxygen atoms in total. The molecule has 0 aliphatic carbocycles. The second-order valence-electron chi connectivity index (χ2n) is 3.99. The van der Waals surface area contributed by atoms with Gasteiger partial charge >= 0.3 is 6.18 Å². The van der Waals surface area contributed by atoms with Crippen LogP contribution in [0.3, 0.4) is 0 Å². The van der Waals surface area contributed by atoms with E-state index in [4.69, 9.17) is 0 Å². The first kappa shape index (κ1) is 14.4. The highest BCUT2D eigenvalue weighted by atomic mass is 32.1.